The molecule has 0 aromatic heterocycles. The number of carboxylic acids is 1. The Labute approximate surface area is 201 Å². The molecule has 2 aromatic rings. The van der Waals surface area contributed by atoms with Crippen molar-refractivity contribution in [3.8, 4) is 16.9 Å². The van der Waals surface area contributed by atoms with Crippen LogP contribution in [0.1, 0.15) is 71.3 Å². The van der Waals surface area contributed by atoms with E-state index in [0.717, 1.165) is 67.5 Å². The number of carbonyl (C=O) groups excluding carboxylic acids is 1. The van der Waals surface area contributed by atoms with Crippen LogP contribution in [0.5, 0.6) is 5.75 Å². The van der Waals surface area contributed by atoms with Crippen LogP contribution in [0.4, 0.5) is 0 Å². The second kappa shape index (κ2) is 9.61. The predicted molar refractivity (Wildman–Crippen MR) is 133 cm³/mol. The van der Waals surface area contributed by atoms with Gasteiger partial charge in [0.25, 0.3) is 5.91 Å². The summed E-state index contributed by atoms with van der Waals surface area (Å²) in [6.45, 7) is 5.76. The third-order valence-corrected chi connectivity index (χ3v) is 6.86. The van der Waals surface area contributed by atoms with Crippen LogP contribution in [-0.4, -0.2) is 38.9 Å². The maximum Gasteiger partial charge on any atom is 0.347 e. The van der Waals surface area contributed by atoms with Crippen molar-refractivity contribution in [2.45, 2.75) is 83.4 Å². The van der Waals surface area contributed by atoms with Crippen molar-refractivity contribution in [2.75, 3.05) is 0 Å². The van der Waals surface area contributed by atoms with Crippen molar-refractivity contribution in [2.24, 2.45) is 4.99 Å². The number of aliphatic carboxylic acids is 1. The number of amidine groups is 1. The van der Waals surface area contributed by atoms with Crippen LogP contribution >= 0.6 is 0 Å². The van der Waals surface area contributed by atoms with Gasteiger partial charge in [0.15, 0.2) is 5.60 Å². The van der Waals surface area contributed by atoms with Crippen molar-refractivity contribution < 1.29 is 19.4 Å². The summed E-state index contributed by atoms with van der Waals surface area (Å²) in [4.78, 5) is 31.8. The summed E-state index contributed by atoms with van der Waals surface area (Å²) in [6, 6.07) is 15.5. The van der Waals surface area contributed by atoms with E-state index in [0.29, 0.717) is 12.3 Å². The predicted octanol–water partition coefficient (Wildman–Crippen LogP) is 5.84. The molecule has 1 N–H and O–H groups in total. The van der Waals surface area contributed by atoms with Gasteiger partial charge in [0, 0.05) is 12.0 Å². The minimum absolute atomic E-state index is 0.162. The fourth-order valence-corrected chi connectivity index (χ4v) is 4.78. The molecule has 34 heavy (non-hydrogen) atoms. The second-order valence-electron chi connectivity index (χ2n) is 9.87. The highest BCUT2D eigenvalue weighted by Crippen LogP contribution is 2.40. The Morgan fingerprint density at radius 1 is 1.12 bits per heavy atom. The van der Waals surface area contributed by atoms with E-state index >= 15 is 0 Å². The van der Waals surface area contributed by atoms with Crippen LogP contribution < -0.4 is 4.74 Å². The number of amides is 1. The molecule has 4 rings (SSSR count). The van der Waals surface area contributed by atoms with Crippen molar-refractivity contribution >= 4 is 17.7 Å². The van der Waals surface area contributed by atoms with E-state index in [-0.39, 0.29) is 5.91 Å². The van der Waals surface area contributed by atoms with Gasteiger partial charge >= 0.3 is 5.97 Å². The van der Waals surface area contributed by atoms with Gasteiger partial charge in [-0.2, -0.15) is 0 Å². The number of hydrogen-bond donors (Lipinski definition) is 1. The molecule has 1 heterocycles. The highest BCUT2D eigenvalue weighted by molar-refractivity contribution is 6.08. The minimum Gasteiger partial charge on any atom is -0.478 e. The lowest BCUT2D eigenvalue weighted by Crippen LogP contribution is -2.40. The van der Waals surface area contributed by atoms with Crippen LogP contribution in [0.2, 0.25) is 0 Å². The first-order valence-electron chi connectivity index (χ1n) is 12.3. The molecular formula is C28H34N2O4. The lowest BCUT2D eigenvalue weighted by Gasteiger charge is -2.24. The highest BCUT2D eigenvalue weighted by atomic mass is 16.5. The molecule has 2 aliphatic rings. The fraction of sp³-hybridized carbons (Fsp3) is 0.464. The van der Waals surface area contributed by atoms with Crippen LogP contribution in [-0.2, 0) is 16.1 Å². The number of aliphatic imine (C=N–C) groups is 1. The molecule has 1 fully saturated rings. The molecule has 0 bridgehead atoms. The van der Waals surface area contributed by atoms with Gasteiger partial charge in [-0.1, -0.05) is 68.7 Å². The molecule has 6 nitrogen and oxygen atoms in total. The molecule has 0 radical (unpaired) electrons. The molecule has 1 amide bonds. The zero-order valence-electron chi connectivity index (χ0n) is 20.3. The van der Waals surface area contributed by atoms with Gasteiger partial charge in [-0.3, -0.25) is 14.7 Å². The highest BCUT2D eigenvalue weighted by Gasteiger charge is 2.49. The summed E-state index contributed by atoms with van der Waals surface area (Å²) < 4.78 is 5.84. The molecule has 0 saturated heterocycles. The topological polar surface area (TPSA) is 79.2 Å². The first kappa shape index (κ1) is 24.0. The van der Waals surface area contributed by atoms with Crippen molar-refractivity contribution in [1.29, 1.82) is 0 Å². The van der Waals surface area contributed by atoms with E-state index in [9.17, 15) is 14.7 Å². The summed E-state index contributed by atoms with van der Waals surface area (Å²) in [7, 11) is 0. The maximum absolute atomic E-state index is 13.4. The number of para-hydroxylation sites is 1. The number of hydrogen-bond acceptors (Lipinski definition) is 4. The molecule has 6 heteroatoms. The van der Waals surface area contributed by atoms with Gasteiger partial charge in [0.2, 0.25) is 0 Å². The van der Waals surface area contributed by atoms with Gasteiger partial charge in [0.05, 0.1) is 6.54 Å². The minimum atomic E-state index is -1.34. The standard InChI is InChI=1S/C28H34N2O4/c1-4-5-12-24-29-28(17-8-9-18-28)25(31)30(24)19-20-13-15-21(16-14-20)22-10-6-7-11-23(22)34-27(2,3)26(32)33/h6-7,10-11,13-16H,4-5,8-9,12,17-19H2,1-3H3,(H,32,33). The van der Waals surface area contributed by atoms with Crippen molar-refractivity contribution in [3.05, 3.63) is 54.1 Å². The molecule has 2 aromatic carbocycles. The Morgan fingerprint density at radius 2 is 1.79 bits per heavy atom. The average molecular weight is 463 g/mol. The molecule has 1 aliphatic heterocycles. The van der Waals surface area contributed by atoms with E-state index in [1.54, 1.807) is 6.07 Å². The number of ether oxygens (including phenoxy) is 1. The van der Waals surface area contributed by atoms with Crippen molar-refractivity contribution in [3.63, 3.8) is 0 Å². The number of nitrogens with zero attached hydrogens (tertiary/aromatic N) is 2. The van der Waals surface area contributed by atoms with E-state index in [4.69, 9.17) is 9.73 Å². The second-order valence-corrected chi connectivity index (χ2v) is 9.87. The van der Waals surface area contributed by atoms with Gasteiger partial charge in [0.1, 0.15) is 17.1 Å². The third-order valence-electron chi connectivity index (χ3n) is 6.86. The van der Waals surface area contributed by atoms with Gasteiger partial charge in [-0.25, -0.2) is 4.79 Å². The van der Waals surface area contributed by atoms with Crippen LogP contribution in [0, 0.1) is 0 Å². The lowest BCUT2D eigenvalue weighted by atomic mass is 9.98. The summed E-state index contributed by atoms with van der Waals surface area (Å²) in [5, 5.41) is 9.44. The van der Waals surface area contributed by atoms with E-state index in [1.165, 1.54) is 13.8 Å². The third kappa shape index (κ3) is 4.72. The maximum atomic E-state index is 13.4. The Balaban J connectivity index is 1.54. The number of carboxylic acid groups (broad SMARTS) is 1. The summed E-state index contributed by atoms with van der Waals surface area (Å²) in [6.07, 6.45) is 6.80. The summed E-state index contributed by atoms with van der Waals surface area (Å²) >= 11 is 0. The fourth-order valence-electron chi connectivity index (χ4n) is 4.78. The Hall–Kier alpha value is -3.15. The average Bonchev–Trinajstić information content (AvgIpc) is 3.39. The Morgan fingerprint density at radius 3 is 2.44 bits per heavy atom. The smallest absolute Gasteiger partial charge is 0.347 e. The van der Waals surface area contributed by atoms with Gasteiger partial charge < -0.3 is 9.84 Å². The summed E-state index contributed by atoms with van der Waals surface area (Å²) in [5.41, 5.74) is 0.948. The first-order valence-corrected chi connectivity index (χ1v) is 12.3. The van der Waals surface area contributed by atoms with E-state index < -0.39 is 17.1 Å². The molecule has 180 valence electrons. The molecule has 1 aliphatic carbocycles. The van der Waals surface area contributed by atoms with Crippen molar-refractivity contribution in [1.82, 2.24) is 4.90 Å². The molecule has 0 atom stereocenters. The summed E-state index contributed by atoms with van der Waals surface area (Å²) in [5.74, 6) is 0.602. The Kier molecular flexibility index (Phi) is 6.78. The van der Waals surface area contributed by atoms with Crippen LogP contribution in [0.3, 0.4) is 0 Å². The van der Waals surface area contributed by atoms with Crippen LogP contribution in [0.25, 0.3) is 11.1 Å². The normalized spacial score (nSPS) is 17.3. The monoisotopic (exact) mass is 462 g/mol. The quantitative estimate of drug-likeness (QED) is 0.508. The molecule has 0 unspecified atom stereocenters. The number of unbranched alkanes of at least 4 members (excludes halogenated alkanes) is 1. The van der Waals surface area contributed by atoms with E-state index in [2.05, 4.69) is 6.92 Å². The molecule has 1 spiro atoms. The molecule has 1 saturated carbocycles. The van der Waals surface area contributed by atoms with Gasteiger partial charge in [-0.05, 0) is 50.3 Å². The largest absolute Gasteiger partial charge is 0.478 e. The van der Waals surface area contributed by atoms with Gasteiger partial charge in [-0.15, -0.1) is 0 Å². The first-order chi connectivity index (χ1) is 16.3. The van der Waals surface area contributed by atoms with E-state index in [1.807, 2.05) is 47.4 Å². The zero-order valence-corrected chi connectivity index (χ0v) is 20.3. The Bertz CT molecular complexity index is 1080. The lowest BCUT2D eigenvalue weighted by molar-refractivity contribution is -0.152. The number of benzene rings is 2. The molecular weight excluding hydrogens is 428 g/mol. The SMILES string of the molecule is CCCCC1=NC2(CCCC2)C(=O)N1Cc1ccc(-c2ccccc2OC(C)(C)C(=O)O)cc1. The number of carbonyl (C=O) groups is 2. The number of rotatable bonds is 9. The zero-order chi connectivity index (χ0) is 24.3. The van der Waals surface area contributed by atoms with Crippen LogP contribution in [0.15, 0.2) is 53.5 Å².